The summed E-state index contributed by atoms with van der Waals surface area (Å²) in [5.74, 6) is 0.657. The van der Waals surface area contributed by atoms with Gasteiger partial charge in [0.1, 0.15) is 6.33 Å². The molecule has 96 valence electrons. The standard InChI is InChI=1S/C13H19N5/c1-4-10(2)11(3)15-12-5-7-13(8-6-12)18-9-14-16-17-18/h5-11,15H,4H2,1-3H3. The molecule has 1 aromatic carbocycles. The molecule has 1 heterocycles. The topological polar surface area (TPSA) is 55.6 Å². The number of rotatable bonds is 5. The fourth-order valence-electron chi connectivity index (χ4n) is 1.75. The van der Waals surface area contributed by atoms with E-state index in [2.05, 4.69) is 53.7 Å². The van der Waals surface area contributed by atoms with E-state index in [1.807, 2.05) is 12.1 Å². The number of nitrogens with zero attached hydrogens (tertiary/aromatic N) is 4. The van der Waals surface area contributed by atoms with E-state index in [9.17, 15) is 0 Å². The van der Waals surface area contributed by atoms with E-state index in [1.54, 1.807) is 11.0 Å². The molecule has 0 saturated heterocycles. The van der Waals surface area contributed by atoms with Gasteiger partial charge in [-0.2, -0.15) is 0 Å². The highest BCUT2D eigenvalue weighted by atomic mass is 15.5. The van der Waals surface area contributed by atoms with Crippen LogP contribution < -0.4 is 5.32 Å². The Morgan fingerprint density at radius 2 is 1.94 bits per heavy atom. The Kier molecular flexibility index (Phi) is 3.92. The summed E-state index contributed by atoms with van der Waals surface area (Å²) < 4.78 is 1.64. The Balaban J connectivity index is 2.04. The van der Waals surface area contributed by atoms with Crippen molar-refractivity contribution in [1.82, 2.24) is 20.2 Å². The molecule has 0 aliphatic carbocycles. The summed E-state index contributed by atoms with van der Waals surface area (Å²) in [4.78, 5) is 0. The Morgan fingerprint density at radius 3 is 2.50 bits per heavy atom. The largest absolute Gasteiger partial charge is 0.382 e. The Bertz CT molecular complexity index is 463. The lowest BCUT2D eigenvalue weighted by Crippen LogP contribution is -2.23. The molecule has 0 radical (unpaired) electrons. The van der Waals surface area contributed by atoms with Crippen LogP contribution in [0.3, 0.4) is 0 Å². The summed E-state index contributed by atoms with van der Waals surface area (Å²) in [6, 6.07) is 8.57. The second-order valence-corrected chi connectivity index (χ2v) is 4.62. The third-order valence-electron chi connectivity index (χ3n) is 3.37. The minimum atomic E-state index is 0.467. The number of tetrazole rings is 1. The van der Waals surface area contributed by atoms with Crippen molar-refractivity contribution in [2.75, 3.05) is 5.32 Å². The minimum Gasteiger partial charge on any atom is -0.382 e. The molecule has 0 fully saturated rings. The van der Waals surface area contributed by atoms with E-state index in [-0.39, 0.29) is 0 Å². The van der Waals surface area contributed by atoms with E-state index in [0.717, 1.165) is 11.4 Å². The molecular formula is C13H19N5. The monoisotopic (exact) mass is 245 g/mol. The average molecular weight is 245 g/mol. The molecule has 2 atom stereocenters. The van der Waals surface area contributed by atoms with Gasteiger partial charge in [-0.25, -0.2) is 4.68 Å². The van der Waals surface area contributed by atoms with Gasteiger partial charge in [0.25, 0.3) is 0 Å². The Labute approximate surface area is 107 Å². The van der Waals surface area contributed by atoms with Crippen molar-refractivity contribution in [2.24, 2.45) is 5.92 Å². The van der Waals surface area contributed by atoms with Crippen molar-refractivity contribution in [3.05, 3.63) is 30.6 Å². The fourth-order valence-corrected chi connectivity index (χ4v) is 1.75. The van der Waals surface area contributed by atoms with Crippen molar-refractivity contribution in [2.45, 2.75) is 33.2 Å². The number of anilines is 1. The first kappa shape index (κ1) is 12.5. The molecule has 18 heavy (non-hydrogen) atoms. The lowest BCUT2D eigenvalue weighted by molar-refractivity contribution is 0.494. The van der Waals surface area contributed by atoms with Crippen LogP contribution in [0.2, 0.25) is 0 Å². The molecule has 0 amide bonds. The SMILES string of the molecule is CCC(C)C(C)Nc1ccc(-n2cnnn2)cc1. The van der Waals surface area contributed by atoms with Gasteiger partial charge < -0.3 is 5.32 Å². The molecule has 0 bridgehead atoms. The first-order chi connectivity index (χ1) is 8.70. The van der Waals surface area contributed by atoms with Crippen molar-refractivity contribution < 1.29 is 0 Å². The van der Waals surface area contributed by atoms with Gasteiger partial charge in [-0.3, -0.25) is 0 Å². The maximum atomic E-state index is 3.85. The molecule has 2 unspecified atom stereocenters. The quantitative estimate of drug-likeness (QED) is 0.879. The highest BCUT2D eigenvalue weighted by Crippen LogP contribution is 2.16. The molecule has 5 heteroatoms. The van der Waals surface area contributed by atoms with Gasteiger partial charge in [0.15, 0.2) is 0 Å². The van der Waals surface area contributed by atoms with Crippen molar-refractivity contribution in [3.8, 4) is 5.69 Å². The predicted molar refractivity (Wildman–Crippen MR) is 71.7 cm³/mol. The van der Waals surface area contributed by atoms with Gasteiger partial charge in [-0.15, -0.1) is 5.10 Å². The zero-order chi connectivity index (χ0) is 13.0. The fraction of sp³-hybridized carbons (Fsp3) is 0.462. The zero-order valence-electron chi connectivity index (χ0n) is 11.0. The molecule has 1 aromatic heterocycles. The number of aromatic nitrogens is 4. The summed E-state index contributed by atoms with van der Waals surface area (Å²) in [6.45, 7) is 6.68. The third kappa shape index (κ3) is 2.85. The van der Waals surface area contributed by atoms with Crippen LogP contribution in [0.25, 0.3) is 5.69 Å². The summed E-state index contributed by atoms with van der Waals surface area (Å²) >= 11 is 0. The molecular weight excluding hydrogens is 226 g/mol. The molecule has 2 rings (SSSR count). The van der Waals surface area contributed by atoms with E-state index < -0.39 is 0 Å². The van der Waals surface area contributed by atoms with Crippen LogP contribution in [-0.4, -0.2) is 26.2 Å². The highest BCUT2D eigenvalue weighted by molar-refractivity contribution is 5.48. The van der Waals surface area contributed by atoms with Crippen molar-refractivity contribution in [1.29, 1.82) is 0 Å². The zero-order valence-corrected chi connectivity index (χ0v) is 11.0. The van der Waals surface area contributed by atoms with Gasteiger partial charge in [0, 0.05) is 11.7 Å². The van der Waals surface area contributed by atoms with Crippen LogP contribution in [0.5, 0.6) is 0 Å². The van der Waals surface area contributed by atoms with Gasteiger partial charge in [-0.1, -0.05) is 20.3 Å². The first-order valence-electron chi connectivity index (χ1n) is 6.30. The minimum absolute atomic E-state index is 0.467. The lowest BCUT2D eigenvalue weighted by Gasteiger charge is -2.21. The van der Waals surface area contributed by atoms with Crippen LogP contribution in [0.15, 0.2) is 30.6 Å². The maximum Gasteiger partial charge on any atom is 0.143 e. The van der Waals surface area contributed by atoms with Crippen LogP contribution >= 0.6 is 0 Å². The number of benzene rings is 1. The number of hydrogen-bond acceptors (Lipinski definition) is 4. The number of nitrogens with one attached hydrogen (secondary N) is 1. The molecule has 0 spiro atoms. The van der Waals surface area contributed by atoms with Gasteiger partial charge >= 0.3 is 0 Å². The third-order valence-corrected chi connectivity index (χ3v) is 3.37. The summed E-state index contributed by atoms with van der Waals surface area (Å²) in [5.41, 5.74) is 2.08. The second kappa shape index (κ2) is 5.62. The summed E-state index contributed by atoms with van der Waals surface area (Å²) in [6.07, 6.45) is 2.76. The molecule has 2 aromatic rings. The Morgan fingerprint density at radius 1 is 1.22 bits per heavy atom. The molecule has 0 aliphatic heterocycles. The molecule has 0 aliphatic rings. The molecule has 0 saturated carbocycles. The van der Waals surface area contributed by atoms with Gasteiger partial charge in [-0.05, 0) is 47.5 Å². The van der Waals surface area contributed by atoms with Crippen LogP contribution in [0, 0.1) is 5.92 Å². The van der Waals surface area contributed by atoms with E-state index in [4.69, 9.17) is 0 Å². The van der Waals surface area contributed by atoms with Crippen LogP contribution in [0.4, 0.5) is 5.69 Å². The molecule has 1 N–H and O–H groups in total. The maximum absolute atomic E-state index is 3.85. The van der Waals surface area contributed by atoms with Gasteiger partial charge in [0.2, 0.25) is 0 Å². The molecule has 5 nitrogen and oxygen atoms in total. The van der Waals surface area contributed by atoms with Gasteiger partial charge in [0.05, 0.1) is 5.69 Å². The summed E-state index contributed by atoms with van der Waals surface area (Å²) in [7, 11) is 0. The first-order valence-corrected chi connectivity index (χ1v) is 6.30. The Hall–Kier alpha value is -1.91. The highest BCUT2D eigenvalue weighted by Gasteiger charge is 2.09. The second-order valence-electron chi connectivity index (χ2n) is 4.62. The lowest BCUT2D eigenvalue weighted by atomic mass is 10.0. The predicted octanol–water partition coefficient (Wildman–Crippen LogP) is 2.51. The van der Waals surface area contributed by atoms with Crippen LogP contribution in [-0.2, 0) is 0 Å². The van der Waals surface area contributed by atoms with Crippen molar-refractivity contribution >= 4 is 5.69 Å². The van der Waals surface area contributed by atoms with Crippen molar-refractivity contribution in [3.63, 3.8) is 0 Å². The van der Waals surface area contributed by atoms with E-state index in [0.29, 0.717) is 12.0 Å². The smallest absolute Gasteiger partial charge is 0.143 e. The average Bonchev–Trinajstić information content (AvgIpc) is 2.92. The van der Waals surface area contributed by atoms with E-state index >= 15 is 0 Å². The normalized spacial score (nSPS) is 14.2. The number of hydrogen-bond donors (Lipinski definition) is 1. The summed E-state index contributed by atoms with van der Waals surface area (Å²) in [5, 5.41) is 14.6. The van der Waals surface area contributed by atoms with E-state index in [1.165, 1.54) is 6.42 Å². The van der Waals surface area contributed by atoms with Crippen LogP contribution in [0.1, 0.15) is 27.2 Å².